The molecule has 0 spiro atoms. The van der Waals surface area contributed by atoms with Gasteiger partial charge in [0.2, 0.25) is 0 Å². The molecule has 0 aliphatic carbocycles. The van der Waals surface area contributed by atoms with Crippen molar-refractivity contribution >= 4 is 46.4 Å². The maximum atomic E-state index is 7.27. The lowest BCUT2D eigenvalue weighted by molar-refractivity contribution is 0.300. The van der Waals surface area contributed by atoms with Crippen LogP contribution >= 0.6 is 14.5 Å². The molecule has 0 atom stereocenters. The fourth-order valence-corrected chi connectivity index (χ4v) is 16.9. The van der Waals surface area contributed by atoms with E-state index in [2.05, 4.69) is 208 Å². The second-order valence-corrected chi connectivity index (χ2v) is 21.9. The van der Waals surface area contributed by atoms with Gasteiger partial charge in [-0.05, 0) is 98.3 Å². The minimum atomic E-state index is -2.20. The lowest BCUT2D eigenvalue weighted by atomic mass is 10.1. The van der Waals surface area contributed by atoms with Crippen LogP contribution in [0.4, 0.5) is 0 Å². The fourth-order valence-electron chi connectivity index (χ4n) is 8.45. The van der Waals surface area contributed by atoms with Crippen molar-refractivity contribution in [1.29, 1.82) is 0 Å². The zero-order valence-corrected chi connectivity index (χ0v) is 34.9. The third-order valence-electron chi connectivity index (χ3n) is 11.1. The molecule has 282 valence electrons. The number of aryl methyl sites for hydroxylation is 1. The SMILES string of the molecule is CCCCCCCCOc1c(C[P+](c2ccccc2)(c2ccccc2)c2ccccc2)cc(C)cc1C[P+](c1ccccc1)(c1ccccc1)c1ccccc1. The van der Waals surface area contributed by atoms with Gasteiger partial charge in [0.1, 0.15) is 64.4 Å². The van der Waals surface area contributed by atoms with Crippen LogP contribution in [-0.2, 0) is 12.3 Å². The number of unbranched alkanes of at least 4 members (excludes halogenated alkanes) is 5. The quantitative estimate of drug-likeness (QED) is 0.0624. The van der Waals surface area contributed by atoms with Crippen molar-refractivity contribution in [2.45, 2.75) is 64.7 Å². The van der Waals surface area contributed by atoms with Crippen LogP contribution in [0.5, 0.6) is 5.75 Å². The first-order valence-electron chi connectivity index (χ1n) is 20.5. The molecule has 7 rings (SSSR count). The molecule has 0 unspecified atom stereocenters. The normalized spacial score (nSPS) is 11.7. The first kappa shape index (κ1) is 39.4. The van der Waals surface area contributed by atoms with E-state index in [9.17, 15) is 0 Å². The first-order valence-corrected chi connectivity index (χ1v) is 24.4. The van der Waals surface area contributed by atoms with E-state index in [1.807, 2.05) is 0 Å². The van der Waals surface area contributed by atoms with E-state index in [0.717, 1.165) is 31.1 Å². The molecule has 7 aromatic rings. The van der Waals surface area contributed by atoms with Gasteiger partial charge in [-0.3, -0.25) is 0 Å². The molecule has 0 aliphatic heterocycles. The van der Waals surface area contributed by atoms with Crippen molar-refractivity contribution in [3.8, 4) is 5.75 Å². The number of hydrogen-bond acceptors (Lipinski definition) is 1. The lowest BCUT2D eigenvalue weighted by Crippen LogP contribution is -2.33. The van der Waals surface area contributed by atoms with Gasteiger partial charge in [-0.15, -0.1) is 0 Å². The summed E-state index contributed by atoms with van der Waals surface area (Å²) in [6.07, 6.45) is 9.13. The Morgan fingerprint density at radius 3 is 0.964 bits per heavy atom. The largest absolute Gasteiger partial charge is 0.493 e. The van der Waals surface area contributed by atoms with E-state index in [1.54, 1.807) is 0 Å². The Hall–Kier alpha value is -4.80. The van der Waals surface area contributed by atoms with Gasteiger partial charge in [-0.2, -0.15) is 0 Å². The molecule has 0 N–H and O–H groups in total. The van der Waals surface area contributed by atoms with Crippen LogP contribution in [0.25, 0.3) is 0 Å². The molecule has 0 bridgehead atoms. The summed E-state index contributed by atoms with van der Waals surface area (Å²) < 4.78 is 7.27. The van der Waals surface area contributed by atoms with E-state index < -0.39 is 14.5 Å². The van der Waals surface area contributed by atoms with Crippen LogP contribution in [0.3, 0.4) is 0 Å². The maximum Gasteiger partial charge on any atom is 0.133 e. The zero-order chi connectivity index (χ0) is 38.5. The van der Waals surface area contributed by atoms with E-state index in [0.29, 0.717) is 0 Å². The molecule has 0 fully saturated rings. The molecule has 56 heavy (non-hydrogen) atoms. The molecule has 0 saturated heterocycles. The summed E-state index contributed by atoms with van der Waals surface area (Å²) in [5.74, 6) is 1.09. The van der Waals surface area contributed by atoms with Crippen LogP contribution < -0.4 is 36.6 Å². The molecule has 0 heterocycles. The van der Waals surface area contributed by atoms with Crippen LogP contribution in [0.1, 0.15) is 62.1 Å². The average Bonchev–Trinajstić information content (AvgIpc) is 3.27. The molecule has 0 aromatic heterocycles. The van der Waals surface area contributed by atoms with E-state index in [-0.39, 0.29) is 0 Å². The third-order valence-corrected chi connectivity index (χ3v) is 19.8. The fraction of sp³-hybridized carbons (Fsp3) is 0.208. The molecule has 0 radical (unpaired) electrons. The van der Waals surface area contributed by atoms with Crippen molar-refractivity contribution in [1.82, 2.24) is 0 Å². The highest BCUT2D eigenvalue weighted by Gasteiger charge is 2.48. The van der Waals surface area contributed by atoms with Gasteiger partial charge in [-0.1, -0.05) is 154 Å². The number of ether oxygens (including phenoxy) is 1. The second-order valence-electron chi connectivity index (χ2n) is 15.0. The van der Waals surface area contributed by atoms with Crippen molar-refractivity contribution in [2.75, 3.05) is 6.61 Å². The zero-order valence-electron chi connectivity index (χ0n) is 33.1. The molecule has 0 saturated carbocycles. The van der Waals surface area contributed by atoms with Crippen molar-refractivity contribution in [3.63, 3.8) is 0 Å². The third kappa shape index (κ3) is 8.76. The average molecular weight is 771 g/mol. The summed E-state index contributed by atoms with van der Waals surface area (Å²) in [5, 5.41) is 8.34. The molecular weight excluding hydrogens is 715 g/mol. The standard InChI is InChI=1S/C53H56OP2/c1-3-4-5-6-7-26-39-54-53-45(42-55(47-27-14-8-15-28-47,48-29-16-9-17-30-48)49-31-18-10-19-32-49)40-44(2)41-46(53)43-56(50-33-20-11-21-34-50,51-35-22-12-23-36-51)52-37-24-13-25-38-52/h8-25,27-38,40-41H,3-7,26,39,42-43H2,1-2H3/q+2. The minimum absolute atomic E-state index is 0.718. The summed E-state index contributed by atoms with van der Waals surface area (Å²) in [7, 11) is -4.39. The van der Waals surface area contributed by atoms with Gasteiger partial charge < -0.3 is 4.74 Å². The summed E-state index contributed by atoms with van der Waals surface area (Å²) in [6, 6.07) is 72.6. The van der Waals surface area contributed by atoms with Crippen molar-refractivity contribution in [2.24, 2.45) is 0 Å². The summed E-state index contributed by atoms with van der Waals surface area (Å²) >= 11 is 0. The molecular formula is C53H56OP2+2. The number of benzene rings is 7. The predicted octanol–water partition coefficient (Wildman–Crippen LogP) is 11.7. The number of hydrogen-bond donors (Lipinski definition) is 0. The monoisotopic (exact) mass is 770 g/mol. The van der Waals surface area contributed by atoms with E-state index in [1.165, 1.54) is 80.6 Å². The molecule has 0 amide bonds. The Labute approximate surface area is 337 Å². The maximum absolute atomic E-state index is 7.27. The van der Waals surface area contributed by atoms with Crippen LogP contribution in [0, 0.1) is 6.92 Å². The van der Waals surface area contributed by atoms with Crippen LogP contribution in [-0.4, -0.2) is 6.61 Å². The molecule has 3 heteroatoms. The second kappa shape index (κ2) is 19.4. The summed E-state index contributed by atoms with van der Waals surface area (Å²) in [4.78, 5) is 0. The highest BCUT2D eigenvalue weighted by molar-refractivity contribution is 7.95. The Morgan fingerprint density at radius 1 is 0.375 bits per heavy atom. The molecule has 1 nitrogen and oxygen atoms in total. The van der Waals surface area contributed by atoms with Gasteiger partial charge in [0.15, 0.2) is 0 Å². The van der Waals surface area contributed by atoms with Gasteiger partial charge >= 0.3 is 0 Å². The highest BCUT2D eigenvalue weighted by atomic mass is 31.2. The topological polar surface area (TPSA) is 9.23 Å². The van der Waals surface area contributed by atoms with Gasteiger partial charge in [0.05, 0.1) is 6.61 Å². The van der Waals surface area contributed by atoms with E-state index in [4.69, 9.17) is 4.74 Å². The lowest BCUT2D eigenvalue weighted by Gasteiger charge is -2.31. The summed E-state index contributed by atoms with van der Waals surface area (Å²) in [5.41, 5.74) is 3.90. The first-order chi connectivity index (χ1) is 27.6. The highest BCUT2D eigenvalue weighted by Crippen LogP contribution is 2.62. The Morgan fingerprint density at radius 2 is 0.661 bits per heavy atom. The Balaban J connectivity index is 1.44. The van der Waals surface area contributed by atoms with Gasteiger partial charge in [-0.25, -0.2) is 0 Å². The molecule has 0 aliphatic rings. The smallest absolute Gasteiger partial charge is 0.133 e. The van der Waals surface area contributed by atoms with Crippen LogP contribution in [0.15, 0.2) is 194 Å². The van der Waals surface area contributed by atoms with Gasteiger partial charge in [0, 0.05) is 11.1 Å². The Bertz CT molecular complexity index is 1860. The van der Waals surface area contributed by atoms with E-state index >= 15 is 0 Å². The molecule has 7 aromatic carbocycles. The predicted molar refractivity (Wildman–Crippen MR) is 248 cm³/mol. The Kier molecular flexibility index (Phi) is 13.6. The van der Waals surface area contributed by atoms with Crippen molar-refractivity contribution in [3.05, 3.63) is 211 Å². The van der Waals surface area contributed by atoms with Crippen LogP contribution in [0.2, 0.25) is 0 Å². The van der Waals surface area contributed by atoms with Crippen molar-refractivity contribution < 1.29 is 4.74 Å². The minimum Gasteiger partial charge on any atom is -0.493 e. The van der Waals surface area contributed by atoms with Gasteiger partial charge in [0.25, 0.3) is 0 Å². The number of rotatable bonds is 18. The summed E-state index contributed by atoms with van der Waals surface area (Å²) in [6.45, 7) is 5.29.